The molecule has 0 heterocycles. The summed E-state index contributed by atoms with van der Waals surface area (Å²) < 4.78 is 5.08. The highest BCUT2D eigenvalue weighted by molar-refractivity contribution is 5.76. The Balaban J connectivity index is -0.000000579. The molecule has 0 atom stereocenters. The fraction of sp³-hybridized carbons (Fsp3) is 0.867. The van der Waals surface area contributed by atoms with Crippen LogP contribution in [0.5, 0.6) is 0 Å². The van der Waals surface area contributed by atoms with Gasteiger partial charge in [0.05, 0.1) is 6.61 Å². The third-order valence-electron chi connectivity index (χ3n) is 2.05. The van der Waals surface area contributed by atoms with Crippen LogP contribution in [0.15, 0.2) is 0 Å². The van der Waals surface area contributed by atoms with Crippen LogP contribution in [0.4, 0.5) is 0 Å². The van der Waals surface area contributed by atoms with E-state index < -0.39 is 0 Å². The number of unbranched alkanes of at least 4 members (excludes halogenated alkanes) is 1. The maximum absolute atomic E-state index is 11.4. The summed E-state index contributed by atoms with van der Waals surface area (Å²) in [5.41, 5.74) is 0. The second-order valence-electron chi connectivity index (χ2n) is 3.67. The van der Waals surface area contributed by atoms with Crippen molar-refractivity contribution in [3.63, 3.8) is 0 Å². The van der Waals surface area contributed by atoms with Gasteiger partial charge in [0.1, 0.15) is 6.61 Å². The number of ketones is 1. The molecule has 0 rings (SSSR count). The summed E-state index contributed by atoms with van der Waals surface area (Å²) in [6.07, 6.45) is 2.55. The van der Waals surface area contributed by atoms with Gasteiger partial charge in [-0.05, 0) is 13.3 Å². The van der Waals surface area contributed by atoms with E-state index in [0.717, 1.165) is 12.8 Å². The number of Topliss-reactive ketones (excluding diaryl/α,β-unsaturated/α-hetero) is 1. The van der Waals surface area contributed by atoms with E-state index in [9.17, 15) is 9.59 Å². The molecular weight excluding hydrogens is 242 g/mol. The fourth-order valence-corrected chi connectivity index (χ4v) is 1.06. The SMILES string of the molecule is CC.CC.CCCCC(=O)N(C)CCOCC(C)=O. The van der Waals surface area contributed by atoms with Gasteiger partial charge in [0.15, 0.2) is 5.78 Å². The number of rotatable bonds is 8. The summed E-state index contributed by atoms with van der Waals surface area (Å²) in [7, 11) is 1.76. The maximum Gasteiger partial charge on any atom is 0.222 e. The van der Waals surface area contributed by atoms with Crippen molar-refractivity contribution in [3.8, 4) is 0 Å². The first-order valence-corrected chi connectivity index (χ1v) is 7.39. The Morgan fingerprint density at radius 1 is 1.11 bits per heavy atom. The Hall–Kier alpha value is -0.900. The summed E-state index contributed by atoms with van der Waals surface area (Å²) >= 11 is 0. The molecule has 0 bridgehead atoms. The van der Waals surface area contributed by atoms with Crippen LogP contribution in [0, 0.1) is 0 Å². The molecule has 0 saturated carbocycles. The molecule has 0 aromatic carbocycles. The standard InChI is InChI=1S/C11H21NO3.2C2H6/c1-4-5-6-11(14)12(3)7-8-15-9-10(2)13;2*1-2/h4-9H2,1-3H3;2*1-2H3. The second kappa shape index (κ2) is 19.4. The summed E-state index contributed by atoms with van der Waals surface area (Å²) in [5.74, 6) is 0.151. The second-order valence-corrected chi connectivity index (χ2v) is 3.67. The third-order valence-corrected chi connectivity index (χ3v) is 2.05. The molecular formula is C15H33NO3. The quantitative estimate of drug-likeness (QED) is 0.639. The van der Waals surface area contributed by atoms with Crippen LogP contribution in [0.2, 0.25) is 0 Å². The lowest BCUT2D eigenvalue weighted by molar-refractivity contribution is -0.130. The van der Waals surface area contributed by atoms with Gasteiger partial charge in [-0.3, -0.25) is 9.59 Å². The van der Waals surface area contributed by atoms with Gasteiger partial charge in [0, 0.05) is 20.0 Å². The van der Waals surface area contributed by atoms with Crippen molar-refractivity contribution < 1.29 is 14.3 Å². The number of ether oxygens (including phenoxy) is 1. The molecule has 0 aliphatic carbocycles. The monoisotopic (exact) mass is 275 g/mol. The van der Waals surface area contributed by atoms with Crippen molar-refractivity contribution in [2.75, 3.05) is 26.8 Å². The van der Waals surface area contributed by atoms with Gasteiger partial charge in [-0.1, -0.05) is 41.0 Å². The van der Waals surface area contributed by atoms with E-state index in [1.807, 2.05) is 27.7 Å². The molecule has 0 aliphatic rings. The average Bonchev–Trinajstić information content (AvgIpc) is 2.44. The fourth-order valence-electron chi connectivity index (χ4n) is 1.06. The minimum absolute atomic E-state index is 0.00922. The Morgan fingerprint density at radius 3 is 2.05 bits per heavy atom. The molecule has 4 nitrogen and oxygen atoms in total. The summed E-state index contributed by atoms with van der Waals surface area (Å²) in [5, 5.41) is 0. The molecule has 0 saturated heterocycles. The first-order chi connectivity index (χ1) is 9.07. The minimum atomic E-state index is 0.00922. The smallest absolute Gasteiger partial charge is 0.222 e. The van der Waals surface area contributed by atoms with Crippen molar-refractivity contribution in [2.24, 2.45) is 0 Å². The predicted molar refractivity (Wildman–Crippen MR) is 81.4 cm³/mol. The lowest BCUT2D eigenvalue weighted by Crippen LogP contribution is -2.30. The predicted octanol–water partition coefficient (Wildman–Crippen LogP) is 3.29. The summed E-state index contributed by atoms with van der Waals surface area (Å²) in [6, 6.07) is 0. The lowest BCUT2D eigenvalue weighted by atomic mass is 10.2. The van der Waals surface area contributed by atoms with Crippen molar-refractivity contribution in [1.82, 2.24) is 4.90 Å². The maximum atomic E-state index is 11.4. The molecule has 0 spiro atoms. The molecule has 0 fully saturated rings. The number of nitrogens with zero attached hydrogens (tertiary/aromatic N) is 1. The molecule has 4 heteroatoms. The van der Waals surface area contributed by atoms with E-state index >= 15 is 0 Å². The van der Waals surface area contributed by atoms with Crippen LogP contribution in [0.1, 0.15) is 60.8 Å². The molecule has 0 unspecified atom stereocenters. The van der Waals surface area contributed by atoms with Gasteiger partial charge in [0.25, 0.3) is 0 Å². The van der Waals surface area contributed by atoms with Crippen LogP contribution >= 0.6 is 0 Å². The zero-order valence-electron chi connectivity index (χ0n) is 13.9. The van der Waals surface area contributed by atoms with Crippen LogP contribution in [-0.4, -0.2) is 43.4 Å². The molecule has 116 valence electrons. The first kappa shape index (κ1) is 23.2. The van der Waals surface area contributed by atoms with E-state index in [-0.39, 0.29) is 18.3 Å². The van der Waals surface area contributed by atoms with Crippen LogP contribution in [-0.2, 0) is 14.3 Å². The normalized spacial score (nSPS) is 8.58. The van der Waals surface area contributed by atoms with Crippen LogP contribution in [0.25, 0.3) is 0 Å². The Labute approximate surface area is 119 Å². The molecule has 0 aromatic rings. The minimum Gasteiger partial charge on any atom is -0.372 e. The molecule has 19 heavy (non-hydrogen) atoms. The van der Waals surface area contributed by atoms with Crippen molar-refractivity contribution in [3.05, 3.63) is 0 Å². The van der Waals surface area contributed by atoms with E-state index in [0.29, 0.717) is 19.6 Å². The van der Waals surface area contributed by atoms with Gasteiger partial charge < -0.3 is 9.64 Å². The van der Waals surface area contributed by atoms with Crippen molar-refractivity contribution >= 4 is 11.7 Å². The molecule has 1 amide bonds. The van der Waals surface area contributed by atoms with Crippen LogP contribution in [0.3, 0.4) is 0 Å². The largest absolute Gasteiger partial charge is 0.372 e. The number of carbonyl (C=O) groups excluding carboxylic acids is 2. The number of hydrogen-bond acceptors (Lipinski definition) is 3. The number of amides is 1. The molecule has 0 aliphatic heterocycles. The molecule has 0 N–H and O–H groups in total. The molecule has 0 radical (unpaired) electrons. The van der Waals surface area contributed by atoms with E-state index in [1.54, 1.807) is 11.9 Å². The van der Waals surface area contributed by atoms with E-state index in [1.165, 1.54) is 6.92 Å². The Kier molecular flexibility index (Phi) is 23.7. The van der Waals surface area contributed by atoms with Gasteiger partial charge in [-0.2, -0.15) is 0 Å². The highest BCUT2D eigenvalue weighted by atomic mass is 16.5. The van der Waals surface area contributed by atoms with Gasteiger partial charge >= 0.3 is 0 Å². The topological polar surface area (TPSA) is 46.6 Å². The van der Waals surface area contributed by atoms with Gasteiger partial charge in [0.2, 0.25) is 5.91 Å². The summed E-state index contributed by atoms with van der Waals surface area (Å²) in [4.78, 5) is 23.6. The highest BCUT2D eigenvalue weighted by Crippen LogP contribution is 1.98. The zero-order valence-corrected chi connectivity index (χ0v) is 13.9. The van der Waals surface area contributed by atoms with E-state index in [2.05, 4.69) is 6.92 Å². The third kappa shape index (κ3) is 19.6. The average molecular weight is 275 g/mol. The Morgan fingerprint density at radius 2 is 1.63 bits per heavy atom. The number of hydrogen-bond donors (Lipinski definition) is 0. The van der Waals surface area contributed by atoms with Gasteiger partial charge in [-0.25, -0.2) is 0 Å². The molecule has 0 aromatic heterocycles. The van der Waals surface area contributed by atoms with Crippen molar-refractivity contribution in [2.45, 2.75) is 60.8 Å². The lowest BCUT2D eigenvalue weighted by Gasteiger charge is -2.16. The summed E-state index contributed by atoms with van der Waals surface area (Å²) in [6.45, 7) is 12.7. The Bertz CT molecular complexity index is 206. The number of carbonyl (C=O) groups is 2. The van der Waals surface area contributed by atoms with Gasteiger partial charge in [-0.15, -0.1) is 0 Å². The van der Waals surface area contributed by atoms with Crippen molar-refractivity contribution in [1.29, 1.82) is 0 Å². The highest BCUT2D eigenvalue weighted by Gasteiger charge is 2.07. The van der Waals surface area contributed by atoms with E-state index in [4.69, 9.17) is 4.74 Å². The zero-order chi connectivity index (χ0) is 15.7. The number of likely N-dealkylation sites (N-methyl/N-ethyl adjacent to an activating group) is 1. The first-order valence-electron chi connectivity index (χ1n) is 7.39. The van der Waals surface area contributed by atoms with Crippen LogP contribution < -0.4 is 0 Å².